The fraction of sp³-hybridized carbons (Fsp3) is 0.727. The molecule has 1 atom stereocenters. The van der Waals surface area contributed by atoms with Crippen molar-refractivity contribution < 1.29 is 4.74 Å². The highest BCUT2D eigenvalue weighted by Crippen LogP contribution is 2.22. The van der Waals surface area contributed by atoms with Crippen LogP contribution in [0.5, 0.6) is 0 Å². The monoisotopic (exact) mass is 211 g/mol. The second kappa shape index (κ2) is 4.41. The van der Waals surface area contributed by atoms with Crippen LogP contribution in [0.4, 0.5) is 0 Å². The van der Waals surface area contributed by atoms with Crippen molar-refractivity contribution in [3.05, 3.63) is 16.1 Å². The van der Waals surface area contributed by atoms with Crippen LogP contribution in [0, 0.1) is 0 Å². The minimum absolute atomic E-state index is 0.432. The summed E-state index contributed by atoms with van der Waals surface area (Å²) < 4.78 is 5.59. The molecule has 1 unspecified atom stereocenters. The Bertz CT molecular complexity index is 289. The van der Waals surface area contributed by atoms with E-state index in [0.717, 1.165) is 13.0 Å². The smallest absolute Gasteiger partial charge is 0.0954 e. The van der Waals surface area contributed by atoms with E-state index in [-0.39, 0.29) is 0 Å². The van der Waals surface area contributed by atoms with E-state index in [1.807, 2.05) is 0 Å². The Morgan fingerprint density at radius 3 is 3.07 bits per heavy atom. The molecule has 78 valence electrons. The number of nitrogens with zero attached hydrogens (tertiary/aromatic N) is 1. The lowest BCUT2D eigenvalue weighted by molar-refractivity contribution is 0.111. The van der Waals surface area contributed by atoms with Crippen molar-refractivity contribution in [2.75, 3.05) is 6.61 Å². The van der Waals surface area contributed by atoms with Crippen LogP contribution in [-0.4, -0.2) is 17.7 Å². The SMILES string of the molecule is CC(C)c1csc(CC2CCCO2)n1. The van der Waals surface area contributed by atoms with Crippen molar-refractivity contribution in [2.24, 2.45) is 0 Å². The molecule has 3 heteroatoms. The lowest BCUT2D eigenvalue weighted by atomic mass is 10.1. The maximum absolute atomic E-state index is 5.59. The van der Waals surface area contributed by atoms with Crippen molar-refractivity contribution in [3.63, 3.8) is 0 Å². The minimum Gasteiger partial charge on any atom is -0.378 e. The lowest BCUT2D eigenvalue weighted by Crippen LogP contribution is -2.08. The molecule has 0 bridgehead atoms. The number of thiazole rings is 1. The number of rotatable bonds is 3. The Morgan fingerprint density at radius 1 is 1.64 bits per heavy atom. The first-order chi connectivity index (χ1) is 6.75. The zero-order valence-electron chi connectivity index (χ0n) is 8.82. The Hall–Kier alpha value is -0.410. The van der Waals surface area contributed by atoms with Gasteiger partial charge in [-0.05, 0) is 18.8 Å². The van der Waals surface area contributed by atoms with Crippen LogP contribution in [0.2, 0.25) is 0 Å². The van der Waals surface area contributed by atoms with E-state index in [4.69, 9.17) is 4.74 Å². The van der Waals surface area contributed by atoms with Crippen LogP contribution in [0.3, 0.4) is 0 Å². The van der Waals surface area contributed by atoms with Crippen molar-refractivity contribution >= 4 is 11.3 Å². The van der Waals surface area contributed by atoms with Crippen LogP contribution in [0.15, 0.2) is 5.38 Å². The molecule has 1 saturated heterocycles. The minimum atomic E-state index is 0.432. The predicted octanol–water partition coefficient (Wildman–Crippen LogP) is 2.99. The third-order valence-electron chi connectivity index (χ3n) is 2.59. The van der Waals surface area contributed by atoms with Crippen molar-refractivity contribution in [1.82, 2.24) is 4.98 Å². The highest BCUT2D eigenvalue weighted by molar-refractivity contribution is 7.09. The molecule has 1 aromatic heterocycles. The standard InChI is InChI=1S/C11H17NOS/c1-8(2)10-7-14-11(12-10)6-9-4-3-5-13-9/h7-9H,3-6H2,1-2H3. The zero-order valence-corrected chi connectivity index (χ0v) is 9.64. The summed E-state index contributed by atoms with van der Waals surface area (Å²) >= 11 is 1.77. The largest absolute Gasteiger partial charge is 0.378 e. The van der Waals surface area contributed by atoms with E-state index in [0.29, 0.717) is 12.0 Å². The summed E-state index contributed by atoms with van der Waals surface area (Å²) in [7, 11) is 0. The van der Waals surface area contributed by atoms with Crippen molar-refractivity contribution in [1.29, 1.82) is 0 Å². The normalized spacial score (nSPS) is 22.1. The molecule has 1 aliphatic heterocycles. The molecule has 2 rings (SSSR count). The number of aromatic nitrogens is 1. The summed E-state index contributed by atoms with van der Waals surface area (Å²) in [5.41, 5.74) is 1.22. The van der Waals surface area contributed by atoms with Gasteiger partial charge < -0.3 is 4.74 Å². The quantitative estimate of drug-likeness (QED) is 0.766. The van der Waals surface area contributed by atoms with E-state index < -0.39 is 0 Å². The lowest BCUT2D eigenvalue weighted by Gasteiger charge is -2.05. The zero-order chi connectivity index (χ0) is 9.97. The van der Waals surface area contributed by atoms with Gasteiger partial charge in [0, 0.05) is 18.4 Å². The summed E-state index contributed by atoms with van der Waals surface area (Å²) in [5.74, 6) is 0.546. The summed E-state index contributed by atoms with van der Waals surface area (Å²) in [6, 6.07) is 0. The molecule has 0 saturated carbocycles. The van der Waals surface area contributed by atoms with Gasteiger partial charge in [0.2, 0.25) is 0 Å². The molecule has 1 aliphatic rings. The third-order valence-corrected chi connectivity index (χ3v) is 3.48. The van der Waals surface area contributed by atoms with E-state index >= 15 is 0 Å². The van der Waals surface area contributed by atoms with Crippen LogP contribution in [-0.2, 0) is 11.2 Å². The molecule has 0 aromatic carbocycles. The van der Waals surface area contributed by atoms with Crippen molar-refractivity contribution in [2.45, 2.75) is 45.1 Å². The highest BCUT2D eigenvalue weighted by Gasteiger charge is 2.17. The maximum Gasteiger partial charge on any atom is 0.0954 e. The maximum atomic E-state index is 5.59. The molecule has 14 heavy (non-hydrogen) atoms. The second-order valence-corrected chi connectivity index (χ2v) is 5.10. The molecule has 0 spiro atoms. The topological polar surface area (TPSA) is 22.1 Å². The predicted molar refractivity (Wildman–Crippen MR) is 58.9 cm³/mol. The van der Waals surface area contributed by atoms with E-state index in [2.05, 4.69) is 24.2 Å². The average Bonchev–Trinajstić information content (AvgIpc) is 2.75. The third kappa shape index (κ3) is 2.34. The Labute approximate surface area is 89.3 Å². The molecule has 0 N–H and O–H groups in total. The molecular weight excluding hydrogens is 194 g/mol. The summed E-state index contributed by atoms with van der Waals surface area (Å²) in [6.07, 6.45) is 3.86. The second-order valence-electron chi connectivity index (χ2n) is 4.16. The molecule has 0 amide bonds. The van der Waals surface area contributed by atoms with Gasteiger partial charge in [-0.3, -0.25) is 0 Å². The fourth-order valence-corrected chi connectivity index (χ4v) is 2.71. The van der Waals surface area contributed by atoms with E-state index in [9.17, 15) is 0 Å². The van der Waals surface area contributed by atoms with Gasteiger partial charge in [-0.25, -0.2) is 4.98 Å². The van der Waals surface area contributed by atoms with Gasteiger partial charge in [0.25, 0.3) is 0 Å². The van der Waals surface area contributed by atoms with Crippen molar-refractivity contribution in [3.8, 4) is 0 Å². The number of hydrogen-bond acceptors (Lipinski definition) is 3. The Morgan fingerprint density at radius 2 is 2.50 bits per heavy atom. The summed E-state index contributed by atoms with van der Waals surface area (Å²) in [6.45, 7) is 5.31. The van der Waals surface area contributed by atoms with E-state index in [1.54, 1.807) is 11.3 Å². The van der Waals surface area contributed by atoms with Gasteiger partial charge in [-0.15, -0.1) is 11.3 Å². The fourth-order valence-electron chi connectivity index (χ4n) is 1.68. The average molecular weight is 211 g/mol. The Balaban J connectivity index is 1.95. The number of ether oxygens (including phenoxy) is 1. The molecule has 0 aliphatic carbocycles. The first-order valence-electron chi connectivity index (χ1n) is 5.31. The molecule has 1 aromatic rings. The number of hydrogen-bond donors (Lipinski definition) is 0. The molecule has 2 nitrogen and oxygen atoms in total. The van der Waals surface area contributed by atoms with Crippen LogP contribution in [0.1, 0.15) is 43.3 Å². The van der Waals surface area contributed by atoms with Gasteiger partial charge in [0.05, 0.1) is 16.8 Å². The van der Waals surface area contributed by atoms with E-state index in [1.165, 1.54) is 23.5 Å². The first kappa shape index (κ1) is 10.1. The molecular formula is C11H17NOS. The summed E-state index contributed by atoms with van der Waals surface area (Å²) in [4.78, 5) is 4.61. The Kier molecular flexibility index (Phi) is 3.19. The molecule has 0 radical (unpaired) electrons. The molecule has 1 fully saturated rings. The summed E-state index contributed by atoms with van der Waals surface area (Å²) in [5, 5.41) is 3.41. The molecule has 2 heterocycles. The first-order valence-corrected chi connectivity index (χ1v) is 6.19. The van der Waals surface area contributed by atoms with Crippen LogP contribution < -0.4 is 0 Å². The van der Waals surface area contributed by atoms with Crippen LogP contribution >= 0.6 is 11.3 Å². The van der Waals surface area contributed by atoms with Gasteiger partial charge in [-0.1, -0.05) is 13.8 Å². The van der Waals surface area contributed by atoms with Gasteiger partial charge in [0.1, 0.15) is 0 Å². The van der Waals surface area contributed by atoms with Gasteiger partial charge in [0.15, 0.2) is 0 Å². The van der Waals surface area contributed by atoms with Crippen LogP contribution in [0.25, 0.3) is 0 Å². The van der Waals surface area contributed by atoms with Gasteiger partial charge in [-0.2, -0.15) is 0 Å². The highest BCUT2D eigenvalue weighted by atomic mass is 32.1. The van der Waals surface area contributed by atoms with Gasteiger partial charge >= 0.3 is 0 Å².